The van der Waals surface area contributed by atoms with Crippen LogP contribution in [0.4, 0.5) is 17.1 Å². The monoisotopic (exact) mass is 689 g/mol. The average molecular weight is 690 g/mol. The van der Waals surface area contributed by atoms with Gasteiger partial charge in [-0.3, -0.25) is 0 Å². The molecule has 1 aromatic heterocycles. The molecule has 9 aromatic carbocycles. The van der Waals surface area contributed by atoms with Gasteiger partial charge in [-0.2, -0.15) is 0 Å². The van der Waals surface area contributed by atoms with Crippen molar-refractivity contribution >= 4 is 49.8 Å². The van der Waals surface area contributed by atoms with E-state index in [1.165, 1.54) is 38.6 Å². The Labute approximate surface area is 314 Å². The molecular weight excluding hydrogens is 655 g/mol. The van der Waals surface area contributed by atoms with Crippen LogP contribution in [0.2, 0.25) is 0 Å². The molecule has 2 heteroatoms. The number of para-hydroxylation sites is 2. The smallest absolute Gasteiger partial charge is 0.137 e. The van der Waals surface area contributed by atoms with Gasteiger partial charge in [-0.15, -0.1) is 0 Å². The van der Waals surface area contributed by atoms with E-state index in [-0.39, 0.29) is 0 Å². The minimum atomic E-state index is 0.865. The summed E-state index contributed by atoms with van der Waals surface area (Å²) in [6.07, 6.45) is 0. The molecule has 0 saturated carbocycles. The second-order valence-electron chi connectivity index (χ2n) is 13.7. The molecule has 1 heterocycles. The third-order valence-corrected chi connectivity index (χ3v) is 10.5. The van der Waals surface area contributed by atoms with Gasteiger partial charge >= 0.3 is 0 Å². The van der Waals surface area contributed by atoms with Crippen molar-refractivity contribution in [2.75, 3.05) is 4.90 Å². The maximum atomic E-state index is 6.42. The van der Waals surface area contributed by atoms with E-state index in [1.807, 2.05) is 12.1 Å². The fourth-order valence-corrected chi connectivity index (χ4v) is 7.81. The summed E-state index contributed by atoms with van der Waals surface area (Å²) in [5, 5.41) is 4.69. The molecular formula is C52H35NO. The molecule has 0 aliphatic rings. The van der Waals surface area contributed by atoms with Crippen molar-refractivity contribution < 1.29 is 4.42 Å². The van der Waals surface area contributed by atoms with Gasteiger partial charge in [0.05, 0.1) is 16.8 Å². The van der Waals surface area contributed by atoms with Crippen LogP contribution in [0.25, 0.3) is 77.2 Å². The van der Waals surface area contributed by atoms with Gasteiger partial charge < -0.3 is 9.32 Å². The van der Waals surface area contributed by atoms with Crippen LogP contribution in [-0.4, -0.2) is 0 Å². The molecule has 0 unspecified atom stereocenters. The van der Waals surface area contributed by atoms with Crippen LogP contribution in [0.1, 0.15) is 0 Å². The fourth-order valence-electron chi connectivity index (χ4n) is 7.81. The van der Waals surface area contributed by atoms with E-state index < -0.39 is 0 Å². The van der Waals surface area contributed by atoms with Crippen LogP contribution >= 0.6 is 0 Å². The first-order chi connectivity index (χ1) is 26.8. The summed E-state index contributed by atoms with van der Waals surface area (Å²) < 4.78 is 6.42. The van der Waals surface area contributed by atoms with Gasteiger partial charge in [-0.1, -0.05) is 158 Å². The second-order valence-corrected chi connectivity index (χ2v) is 13.7. The van der Waals surface area contributed by atoms with E-state index in [4.69, 9.17) is 4.42 Å². The Morgan fingerprint density at radius 2 is 0.852 bits per heavy atom. The van der Waals surface area contributed by atoms with Crippen LogP contribution in [0.15, 0.2) is 217 Å². The molecule has 0 atom stereocenters. The van der Waals surface area contributed by atoms with E-state index in [0.717, 1.165) is 55.7 Å². The zero-order chi connectivity index (χ0) is 35.8. The van der Waals surface area contributed by atoms with E-state index in [1.54, 1.807) is 0 Å². The Balaban J connectivity index is 1.11. The second kappa shape index (κ2) is 13.4. The molecule has 0 spiro atoms. The first-order valence-electron chi connectivity index (χ1n) is 18.4. The summed E-state index contributed by atoms with van der Waals surface area (Å²) in [7, 11) is 0. The molecule has 0 amide bonds. The molecule has 0 radical (unpaired) electrons. The average Bonchev–Trinajstić information content (AvgIpc) is 3.64. The van der Waals surface area contributed by atoms with Gasteiger partial charge in [0.15, 0.2) is 0 Å². The van der Waals surface area contributed by atoms with Crippen molar-refractivity contribution in [1.29, 1.82) is 0 Å². The predicted molar refractivity (Wildman–Crippen MR) is 228 cm³/mol. The summed E-state index contributed by atoms with van der Waals surface area (Å²) >= 11 is 0. The highest BCUT2D eigenvalue weighted by molar-refractivity contribution is 6.14. The van der Waals surface area contributed by atoms with Crippen LogP contribution in [0.5, 0.6) is 0 Å². The normalized spacial score (nSPS) is 11.3. The predicted octanol–water partition coefficient (Wildman–Crippen LogP) is 14.9. The number of fused-ring (bicyclic) bond motifs is 4. The van der Waals surface area contributed by atoms with E-state index in [2.05, 4.69) is 205 Å². The van der Waals surface area contributed by atoms with Gasteiger partial charge in [-0.05, 0) is 104 Å². The topological polar surface area (TPSA) is 16.4 Å². The zero-order valence-corrected chi connectivity index (χ0v) is 29.6. The molecule has 10 rings (SSSR count). The Morgan fingerprint density at radius 1 is 0.315 bits per heavy atom. The van der Waals surface area contributed by atoms with Crippen molar-refractivity contribution in [2.45, 2.75) is 0 Å². The molecule has 54 heavy (non-hydrogen) atoms. The Bertz CT molecular complexity index is 2940. The van der Waals surface area contributed by atoms with Crippen LogP contribution in [-0.2, 0) is 0 Å². The fraction of sp³-hybridized carbons (Fsp3) is 0. The van der Waals surface area contributed by atoms with Crippen molar-refractivity contribution in [1.82, 2.24) is 0 Å². The number of nitrogens with zero attached hydrogens (tertiary/aromatic N) is 1. The number of hydrogen-bond donors (Lipinski definition) is 0. The molecule has 0 aliphatic heterocycles. The van der Waals surface area contributed by atoms with Crippen LogP contribution in [0, 0.1) is 0 Å². The van der Waals surface area contributed by atoms with Gasteiger partial charge in [0.2, 0.25) is 0 Å². The van der Waals surface area contributed by atoms with Crippen LogP contribution in [0.3, 0.4) is 0 Å². The lowest BCUT2D eigenvalue weighted by molar-refractivity contribution is 0.669. The Kier molecular flexibility index (Phi) is 7.85. The van der Waals surface area contributed by atoms with Gasteiger partial charge in [-0.25, -0.2) is 0 Å². The number of hydrogen-bond acceptors (Lipinski definition) is 2. The summed E-state index contributed by atoms with van der Waals surface area (Å²) in [5.41, 5.74) is 14.4. The Hall–Kier alpha value is -7.16. The van der Waals surface area contributed by atoms with Crippen molar-refractivity contribution in [3.8, 4) is 44.5 Å². The molecule has 0 bridgehead atoms. The largest absolute Gasteiger partial charge is 0.456 e. The number of anilines is 3. The summed E-state index contributed by atoms with van der Waals surface area (Å²) in [5.74, 6) is 0. The highest BCUT2D eigenvalue weighted by Crippen LogP contribution is 2.46. The molecule has 0 fully saturated rings. The third kappa shape index (κ3) is 5.71. The number of furan rings is 1. The molecule has 254 valence electrons. The SMILES string of the molecule is c1ccc(-c2cccc(-c3ccccc3N(c3ccc(-c4cccc(-c5ccc6ccccc6c5)c4)cc3)c3cccc4oc5ccccc5c34)c2)cc1. The van der Waals surface area contributed by atoms with Crippen molar-refractivity contribution in [2.24, 2.45) is 0 Å². The highest BCUT2D eigenvalue weighted by atomic mass is 16.3. The lowest BCUT2D eigenvalue weighted by Crippen LogP contribution is -2.11. The first kappa shape index (κ1) is 31.6. The lowest BCUT2D eigenvalue weighted by Gasteiger charge is -2.29. The number of rotatable bonds is 7. The Morgan fingerprint density at radius 3 is 1.69 bits per heavy atom. The third-order valence-electron chi connectivity index (χ3n) is 10.5. The quantitative estimate of drug-likeness (QED) is 0.166. The summed E-state index contributed by atoms with van der Waals surface area (Å²) in [6, 6.07) is 75.9. The molecule has 0 saturated heterocycles. The lowest BCUT2D eigenvalue weighted by atomic mass is 9.96. The maximum Gasteiger partial charge on any atom is 0.137 e. The number of benzene rings is 9. The van der Waals surface area contributed by atoms with Crippen LogP contribution < -0.4 is 4.90 Å². The van der Waals surface area contributed by atoms with Gasteiger partial charge in [0, 0.05) is 16.6 Å². The van der Waals surface area contributed by atoms with E-state index in [0.29, 0.717) is 0 Å². The standard InChI is InChI=1S/C52H35NO/c1-2-13-36(14-3-1)41-18-11-20-44(35-41)46-21-6-8-23-48(46)53(49-24-12-26-51-52(49)47-22-7-9-25-50(47)54-51)45-31-29-38(30-32-45)40-17-10-19-42(33-40)43-28-27-37-15-4-5-16-39(37)34-43/h1-35H. The molecule has 2 nitrogen and oxygen atoms in total. The minimum Gasteiger partial charge on any atom is -0.456 e. The summed E-state index contributed by atoms with van der Waals surface area (Å²) in [6.45, 7) is 0. The highest BCUT2D eigenvalue weighted by Gasteiger charge is 2.22. The van der Waals surface area contributed by atoms with Crippen molar-refractivity contribution in [3.05, 3.63) is 212 Å². The molecule has 0 aliphatic carbocycles. The van der Waals surface area contributed by atoms with Gasteiger partial charge in [0.25, 0.3) is 0 Å². The maximum absolute atomic E-state index is 6.42. The van der Waals surface area contributed by atoms with E-state index in [9.17, 15) is 0 Å². The minimum absolute atomic E-state index is 0.865. The molecule has 0 N–H and O–H groups in total. The van der Waals surface area contributed by atoms with Crippen molar-refractivity contribution in [3.63, 3.8) is 0 Å². The zero-order valence-electron chi connectivity index (χ0n) is 29.6. The molecule has 10 aromatic rings. The summed E-state index contributed by atoms with van der Waals surface area (Å²) in [4.78, 5) is 2.39. The van der Waals surface area contributed by atoms with E-state index >= 15 is 0 Å². The van der Waals surface area contributed by atoms with Gasteiger partial charge in [0.1, 0.15) is 11.2 Å². The first-order valence-corrected chi connectivity index (χ1v) is 18.4.